The molecule has 0 saturated carbocycles. The van der Waals surface area contributed by atoms with Crippen molar-refractivity contribution in [3.05, 3.63) is 61.5 Å². The zero-order valence-electron chi connectivity index (χ0n) is 16.2. The summed E-state index contributed by atoms with van der Waals surface area (Å²) < 4.78 is 24.1. The third-order valence-electron chi connectivity index (χ3n) is 5.37. The molecule has 1 fully saturated rings. The zero-order valence-corrected chi connectivity index (χ0v) is 18.5. The van der Waals surface area contributed by atoms with E-state index in [4.69, 9.17) is 16.3 Å². The van der Waals surface area contributed by atoms with E-state index in [0.29, 0.717) is 34.1 Å². The molecule has 4 rings (SSSR count). The number of halogens is 3. The molecule has 1 aromatic carbocycles. The molecule has 0 aliphatic carbocycles. The number of hydrogen-bond acceptors (Lipinski definition) is 4. The number of aromatic carboxylic acids is 1. The largest absolute Gasteiger partial charge is 0.478 e. The van der Waals surface area contributed by atoms with Gasteiger partial charge in [-0.1, -0.05) is 25.4 Å². The molecule has 0 radical (unpaired) electrons. The fourth-order valence-corrected chi connectivity index (χ4v) is 4.23. The van der Waals surface area contributed by atoms with Crippen molar-refractivity contribution in [2.24, 2.45) is 5.41 Å². The van der Waals surface area contributed by atoms with Crippen LogP contribution in [-0.4, -0.2) is 38.4 Å². The summed E-state index contributed by atoms with van der Waals surface area (Å²) in [5.41, 5.74) is -0.386. The number of rotatable bonds is 4. The standard InChI is InChI=1S/C20H18BrClFN3O4/c1-20(2)9-30-8-15(20)26-14-4-10(19(28)29)3-13(23)18(14)24-16(26)7-25-6-12(22)11(21)5-17(25)27/h3-6,15H,7-9H2,1-2H3,(H,28,29). The van der Waals surface area contributed by atoms with Crippen LogP contribution in [0.25, 0.3) is 11.0 Å². The second kappa shape index (κ2) is 7.47. The first-order valence-electron chi connectivity index (χ1n) is 9.15. The minimum Gasteiger partial charge on any atom is -0.478 e. The van der Waals surface area contributed by atoms with Gasteiger partial charge in [0.15, 0.2) is 5.82 Å². The fourth-order valence-electron chi connectivity index (χ4n) is 3.76. The Morgan fingerprint density at radius 3 is 2.80 bits per heavy atom. The number of fused-ring (bicyclic) bond motifs is 1. The first kappa shape index (κ1) is 21.0. The first-order valence-corrected chi connectivity index (χ1v) is 10.3. The van der Waals surface area contributed by atoms with Gasteiger partial charge in [-0.3, -0.25) is 4.79 Å². The number of nitrogens with zero attached hydrogens (tertiary/aromatic N) is 3. The van der Waals surface area contributed by atoms with Crippen LogP contribution in [0.15, 0.2) is 33.7 Å². The van der Waals surface area contributed by atoms with Gasteiger partial charge in [-0.2, -0.15) is 0 Å². The Morgan fingerprint density at radius 1 is 1.43 bits per heavy atom. The van der Waals surface area contributed by atoms with Crippen LogP contribution in [-0.2, 0) is 11.3 Å². The molecular formula is C20H18BrClFN3O4. The van der Waals surface area contributed by atoms with Crippen LogP contribution in [0.3, 0.4) is 0 Å². The minimum atomic E-state index is -1.23. The lowest BCUT2D eigenvalue weighted by atomic mass is 9.87. The molecule has 7 nitrogen and oxygen atoms in total. The average Bonchev–Trinajstić information content (AvgIpc) is 3.18. The third kappa shape index (κ3) is 3.55. The molecule has 3 heterocycles. The molecule has 1 aliphatic rings. The van der Waals surface area contributed by atoms with Crippen LogP contribution in [0.5, 0.6) is 0 Å². The van der Waals surface area contributed by atoms with Crippen molar-refractivity contribution >= 4 is 44.5 Å². The number of aromatic nitrogens is 3. The molecule has 1 atom stereocenters. The summed E-state index contributed by atoms with van der Waals surface area (Å²) in [7, 11) is 0. The summed E-state index contributed by atoms with van der Waals surface area (Å²) in [4.78, 5) is 28.4. The van der Waals surface area contributed by atoms with Crippen molar-refractivity contribution in [2.45, 2.75) is 26.4 Å². The number of pyridine rings is 1. The van der Waals surface area contributed by atoms with Crippen molar-refractivity contribution in [3.8, 4) is 0 Å². The number of imidazole rings is 1. The number of carboxylic acid groups (broad SMARTS) is 1. The molecule has 0 spiro atoms. The maximum atomic E-state index is 14.7. The van der Waals surface area contributed by atoms with Crippen molar-refractivity contribution in [3.63, 3.8) is 0 Å². The van der Waals surface area contributed by atoms with Crippen LogP contribution in [0, 0.1) is 11.2 Å². The van der Waals surface area contributed by atoms with Gasteiger partial charge in [-0.15, -0.1) is 0 Å². The summed E-state index contributed by atoms with van der Waals surface area (Å²) in [6.45, 7) is 4.91. The Bertz CT molecular complexity index is 1240. The minimum absolute atomic E-state index is 0.0366. The topological polar surface area (TPSA) is 86.4 Å². The van der Waals surface area contributed by atoms with E-state index in [1.165, 1.54) is 22.9 Å². The molecule has 1 N–H and O–H groups in total. The number of hydrogen-bond donors (Lipinski definition) is 1. The SMILES string of the molecule is CC1(C)COCC1n1c(Cn2cc(Cl)c(Br)cc2=O)nc2c(F)cc(C(=O)O)cc21. The summed E-state index contributed by atoms with van der Waals surface area (Å²) in [6, 6.07) is 3.48. The lowest BCUT2D eigenvalue weighted by Crippen LogP contribution is -2.28. The first-order chi connectivity index (χ1) is 14.1. The highest BCUT2D eigenvalue weighted by Gasteiger charge is 2.39. The molecule has 30 heavy (non-hydrogen) atoms. The van der Waals surface area contributed by atoms with Crippen molar-refractivity contribution in [1.29, 1.82) is 0 Å². The van der Waals surface area contributed by atoms with Gasteiger partial charge in [-0.25, -0.2) is 14.2 Å². The van der Waals surface area contributed by atoms with E-state index in [2.05, 4.69) is 20.9 Å². The monoisotopic (exact) mass is 497 g/mol. The summed E-state index contributed by atoms with van der Waals surface area (Å²) in [5, 5.41) is 9.73. The molecule has 1 unspecified atom stereocenters. The van der Waals surface area contributed by atoms with Crippen LogP contribution in [0.2, 0.25) is 5.02 Å². The molecule has 0 amide bonds. The van der Waals surface area contributed by atoms with Gasteiger partial charge in [0.2, 0.25) is 0 Å². The molecule has 2 aromatic heterocycles. The van der Waals surface area contributed by atoms with Gasteiger partial charge < -0.3 is 19.0 Å². The van der Waals surface area contributed by atoms with Crippen LogP contribution < -0.4 is 5.56 Å². The highest BCUT2D eigenvalue weighted by atomic mass is 79.9. The Morgan fingerprint density at radius 2 is 2.17 bits per heavy atom. The van der Waals surface area contributed by atoms with E-state index in [0.717, 1.165) is 6.07 Å². The summed E-state index contributed by atoms with van der Waals surface area (Å²) in [6.07, 6.45) is 1.48. The van der Waals surface area contributed by atoms with E-state index < -0.39 is 11.8 Å². The molecule has 10 heteroatoms. The molecule has 1 aliphatic heterocycles. The second-order valence-electron chi connectivity index (χ2n) is 7.98. The van der Waals surface area contributed by atoms with Gasteiger partial charge in [0.25, 0.3) is 5.56 Å². The summed E-state index contributed by atoms with van der Waals surface area (Å²) >= 11 is 9.36. The average molecular weight is 499 g/mol. The van der Waals surface area contributed by atoms with Crippen LogP contribution in [0.1, 0.15) is 36.1 Å². The van der Waals surface area contributed by atoms with E-state index >= 15 is 0 Å². The highest BCUT2D eigenvalue weighted by molar-refractivity contribution is 9.10. The number of carboxylic acids is 1. The second-order valence-corrected chi connectivity index (χ2v) is 9.25. The van der Waals surface area contributed by atoms with E-state index in [9.17, 15) is 19.1 Å². The van der Waals surface area contributed by atoms with Gasteiger partial charge in [-0.05, 0) is 28.1 Å². The van der Waals surface area contributed by atoms with Crippen LogP contribution in [0.4, 0.5) is 4.39 Å². The van der Waals surface area contributed by atoms with Gasteiger partial charge >= 0.3 is 5.97 Å². The molecule has 0 bridgehead atoms. The Labute approximate surface area is 184 Å². The van der Waals surface area contributed by atoms with E-state index in [-0.39, 0.29) is 34.6 Å². The Hall–Kier alpha value is -2.23. The third-order valence-corrected chi connectivity index (χ3v) is 6.56. The Balaban J connectivity index is 1.96. The smallest absolute Gasteiger partial charge is 0.335 e. The molecule has 158 valence electrons. The van der Waals surface area contributed by atoms with Crippen molar-refractivity contribution in [1.82, 2.24) is 14.1 Å². The quantitative estimate of drug-likeness (QED) is 0.585. The predicted octanol–water partition coefficient (Wildman–Crippen LogP) is 4.10. The normalized spacial score (nSPS) is 18.2. The van der Waals surface area contributed by atoms with Gasteiger partial charge in [0, 0.05) is 22.2 Å². The van der Waals surface area contributed by atoms with Crippen LogP contribution >= 0.6 is 27.5 Å². The van der Waals surface area contributed by atoms with Crippen molar-refractivity contribution in [2.75, 3.05) is 13.2 Å². The van der Waals surface area contributed by atoms with E-state index in [1.54, 1.807) is 4.57 Å². The maximum Gasteiger partial charge on any atom is 0.335 e. The van der Waals surface area contributed by atoms with E-state index in [1.807, 2.05) is 13.8 Å². The van der Waals surface area contributed by atoms with Gasteiger partial charge in [0.05, 0.1) is 41.9 Å². The highest BCUT2D eigenvalue weighted by Crippen LogP contribution is 2.40. The lowest BCUT2D eigenvalue weighted by molar-refractivity contribution is 0.0696. The fraction of sp³-hybridized carbons (Fsp3) is 0.350. The molecular weight excluding hydrogens is 481 g/mol. The molecule has 3 aromatic rings. The van der Waals surface area contributed by atoms with Gasteiger partial charge in [0.1, 0.15) is 11.3 Å². The number of carbonyl (C=O) groups is 1. The maximum absolute atomic E-state index is 14.7. The number of benzene rings is 1. The number of ether oxygens (including phenoxy) is 1. The zero-order chi connectivity index (χ0) is 21.8. The predicted molar refractivity (Wildman–Crippen MR) is 113 cm³/mol. The Kier molecular flexibility index (Phi) is 5.24. The van der Waals surface area contributed by atoms with Crippen molar-refractivity contribution < 1.29 is 19.0 Å². The lowest BCUT2D eigenvalue weighted by Gasteiger charge is -2.28. The summed E-state index contributed by atoms with van der Waals surface area (Å²) in [5.74, 6) is -1.55. The molecule has 1 saturated heterocycles.